The molecule has 16 heavy (non-hydrogen) atoms. The maximum atomic E-state index is 4.28. The largest absolute Gasteiger partial charge is 0.311 e. The molecule has 1 aromatic heterocycles. The highest BCUT2D eigenvalue weighted by molar-refractivity contribution is 4.91. The molecule has 0 radical (unpaired) electrons. The molecule has 1 aromatic rings. The summed E-state index contributed by atoms with van der Waals surface area (Å²) in [6.07, 6.45) is 4.80. The van der Waals surface area contributed by atoms with E-state index in [4.69, 9.17) is 0 Å². The number of hydrogen-bond donors (Lipinski definition) is 1. The third kappa shape index (κ3) is 2.77. The van der Waals surface area contributed by atoms with Crippen LogP contribution in [0.25, 0.3) is 0 Å². The van der Waals surface area contributed by atoms with Crippen LogP contribution in [0, 0.1) is 0 Å². The van der Waals surface area contributed by atoms with Gasteiger partial charge in [-0.05, 0) is 19.4 Å². The van der Waals surface area contributed by atoms with Crippen LogP contribution in [0.3, 0.4) is 0 Å². The molecule has 88 valence electrons. The molecule has 0 spiro atoms. The SMILES string of the molecule is CCC1CN(Cc2ncccn2)C(C)CN1. The van der Waals surface area contributed by atoms with Crippen molar-refractivity contribution in [1.29, 1.82) is 0 Å². The van der Waals surface area contributed by atoms with E-state index in [2.05, 4.69) is 34.0 Å². The van der Waals surface area contributed by atoms with Gasteiger partial charge >= 0.3 is 0 Å². The zero-order chi connectivity index (χ0) is 11.4. The Labute approximate surface area is 97.1 Å². The summed E-state index contributed by atoms with van der Waals surface area (Å²) in [4.78, 5) is 11.0. The average molecular weight is 220 g/mol. The Morgan fingerprint density at radius 1 is 1.44 bits per heavy atom. The third-order valence-corrected chi connectivity index (χ3v) is 3.24. The van der Waals surface area contributed by atoms with Crippen molar-refractivity contribution in [2.24, 2.45) is 0 Å². The van der Waals surface area contributed by atoms with Gasteiger partial charge in [-0.25, -0.2) is 9.97 Å². The molecule has 4 heteroatoms. The summed E-state index contributed by atoms with van der Waals surface area (Å²) in [5, 5.41) is 3.55. The first-order valence-corrected chi connectivity index (χ1v) is 6.03. The van der Waals surface area contributed by atoms with E-state index in [1.54, 1.807) is 0 Å². The Balaban J connectivity index is 1.97. The molecule has 1 fully saturated rings. The molecule has 2 rings (SSSR count). The minimum atomic E-state index is 0.562. The summed E-state index contributed by atoms with van der Waals surface area (Å²) < 4.78 is 0. The van der Waals surface area contributed by atoms with E-state index in [1.807, 2.05) is 18.5 Å². The predicted molar refractivity (Wildman–Crippen MR) is 64.0 cm³/mol. The van der Waals surface area contributed by atoms with E-state index in [9.17, 15) is 0 Å². The van der Waals surface area contributed by atoms with Gasteiger partial charge in [0.25, 0.3) is 0 Å². The Kier molecular flexibility index (Phi) is 3.85. The number of rotatable bonds is 3. The van der Waals surface area contributed by atoms with E-state index < -0.39 is 0 Å². The van der Waals surface area contributed by atoms with Gasteiger partial charge in [-0.2, -0.15) is 0 Å². The van der Waals surface area contributed by atoms with E-state index >= 15 is 0 Å². The van der Waals surface area contributed by atoms with E-state index in [0.29, 0.717) is 12.1 Å². The summed E-state index contributed by atoms with van der Waals surface area (Å²) in [6.45, 7) is 7.49. The molecule has 2 atom stereocenters. The van der Waals surface area contributed by atoms with E-state index in [1.165, 1.54) is 6.42 Å². The second kappa shape index (κ2) is 5.37. The van der Waals surface area contributed by atoms with Crippen LogP contribution < -0.4 is 5.32 Å². The maximum Gasteiger partial charge on any atom is 0.142 e. The first-order chi connectivity index (χ1) is 7.79. The monoisotopic (exact) mass is 220 g/mol. The summed E-state index contributed by atoms with van der Waals surface area (Å²) in [5.41, 5.74) is 0. The zero-order valence-electron chi connectivity index (χ0n) is 10.1. The number of piperazine rings is 1. The highest BCUT2D eigenvalue weighted by Gasteiger charge is 2.24. The minimum Gasteiger partial charge on any atom is -0.311 e. The van der Waals surface area contributed by atoms with Crippen molar-refractivity contribution in [2.45, 2.75) is 38.9 Å². The van der Waals surface area contributed by atoms with Crippen LogP contribution in [-0.2, 0) is 6.54 Å². The Morgan fingerprint density at radius 3 is 2.88 bits per heavy atom. The first kappa shape index (κ1) is 11.5. The molecule has 1 saturated heterocycles. The van der Waals surface area contributed by atoms with Gasteiger partial charge in [0.05, 0.1) is 6.54 Å². The fourth-order valence-electron chi connectivity index (χ4n) is 2.08. The summed E-state index contributed by atoms with van der Waals surface area (Å²) >= 11 is 0. The fourth-order valence-corrected chi connectivity index (χ4v) is 2.08. The summed E-state index contributed by atoms with van der Waals surface area (Å²) in [7, 11) is 0. The van der Waals surface area contributed by atoms with E-state index in [-0.39, 0.29) is 0 Å². The van der Waals surface area contributed by atoms with Crippen molar-refractivity contribution < 1.29 is 0 Å². The quantitative estimate of drug-likeness (QED) is 0.826. The normalized spacial score (nSPS) is 26.9. The third-order valence-electron chi connectivity index (χ3n) is 3.24. The van der Waals surface area contributed by atoms with Crippen molar-refractivity contribution in [3.05, 3.63) is 24.3 Å². The van der Waals surface area contributed by atoms with E-state index in [0.717, 1.165) is 25.5 Å². The Bertz CT molecular complexity index is 314. The number of nitrogens with zero attached hydrogens (tertiary/aromatic N) is 3. The fraction of sp³-hybridized carbons (Fsp3) is 0.667. The molecule has 0 saturated carbocycles. The lowest BCUT2D eigenvalue weighted by Crippen LogP contribution is -2.54. The second-order valence-electron chi connectivity index (χ2n) is 4.46. The molecule has 0 aromatic carbocycles. The molecule has 1 aliphatic rings. The van der Waals surface area contributed by atoms with Crippen molar-refractivity contribution in [3.8, 4) is 0 Å². The molecule has 4 nitrogen and oxygen atoms in total. The number of aromatic nitrogens is 2. The van der Waals surface area contributed by atoms with Crippen LogP contribution in [0.15, 0.2) is 18.5 Å². The highest BCUT2D eigenvalue weighted by atomic mass is 15.2. The predicted octanol–water partition coefficient (Wildman–Crippen LogP) is 1.05. The van der Waals surface area contributed by atoms with Crippen LogP contribution in [0.1, 0.15) is 26.1 Å². The molecule has 0 amide bonds. The first-order valence-electron chi connectivity index (χ1n) is 6.03. The number of nitrogens with one attached hydrogen (secondary N) is 1. The lowest BCUT2D eigenvalue weighted by molar-refractivity contribution is 0.128. The Morgan fingerprint density at radius 2 is 2.19 bits per heavy atom. The van der Waals surface area contributed by atoms with Crippen LogP contribution in [0.5, 0.6) is 0 Å². The minimum absolute atomic E-state index is 0.562. The van der Waals surface area contributed by atoms with Gasteiger partial charge in [-0.15, -0.1) is 0 Å². The van der Waals surface area contributed by atoms with Crippen molar-refractivity contribution in [3.63, 3.8) is 0 Å². The highest BCUT2D eigenvalue weighted by Crippen LogP contribution is 2.11. The van der Waals surface area contributed by atoms with Crippen molar-refractivity contribution >= 4 is 0 Å². The van der Waals surface area contributed by atoms with Gasteiger partial charge in [-0.1, -0.05) is 6.92 Å². The topological polar surface area (TPSA) is 41.1 Å². The number of hydrogen-bond acceptors (Lipinski definition) is 4. The lowest BCUT2D eigenvalue weighted by Gasteiger charge is -2.38. The van der Waals surface area contributed by atoms with Crippen LogP contribution in [0.4, 0.5) is 0 Å². The Hall–Kier alpha value is -1.00. The molecule has 1 aliphatic heterocycles. The standard InChI is InChI=1S/C12H20N4/c1-3-11-8-16(10(2)7-15-11)9-12-13-5-4-6-14-12/h4-6,10-11,15H,3,7-9H2,1-2H3. The molecular formula is C12H20N4. The van der Waals surface area contributed by atoms with Gasteiger partial charge in [0.2, 0.25) is 0 Å². The van der Waals surface area contributed by atoms with Crippen molar-refractivity contribution in [1.82, 2.24) is 20.2 Å². The maximum absolute atomic E-state index is 4.28. The van der Waals surface area contributed by atoms with Gasteiger partial charge in [0.15, 0.2) is 0 Å². The smallest absolute Gasteiger partial charge is 0.142 e. The second-order valence-corrected chi connectivity index (χ2v) is 4.46. The van der Waals surface area contributed by atoms with Crippen molar-refractivity contribution in [2.75, 3.05) is 13.1 Å². The molecule has 0 bridgehead atoms. The van der Waals surface area contributed by atoms with Gasteiger partial charge in [0, 0.05) is 37.6 Å². The van der Waals surface area contributed by atoms with Gasteiger partial charge in [-0.3, -0.25) is 4.90 Å². The molecule has 0 aliphatic carbocycles. The lowest BCUT2D eigenvalue weighted by atomic mass is 10.1. The summed E-state index contributed by atoms with van der Waals surface area (Å²) in [5.74, 6) is 0.922. The zero-order valence-corrected chi connectivity index (χ0v) is 10.1. The molecular weight excluding hydrogens is 200 g/mol. The van der Waals surface area contributed by atoms with Gasteiger partial charge < -0.3 is 5.32 Å². The average Bonchev–Trinajstić information content (AvgIpc) is 2.33. The summed E-state index contributed by atoms with van der Waals surface area (Å²) in [6, 6.07) is 3.03. The van der Waals surface area contributed by atoms with Crippen LogP contribution in [-0.4, -0.2) is 40.0 Å². The molecule has 1 N–H and O–H groups in total. The molecule has 2 unspecified atom stereocenters. The van der Waals surface area contributed by atoms with Crippen LogP contribution in [0.2, 0.25) is 0 Å². The van der Waals surface area contributed by atoms with Crippen LogP contribution >= 0.6 is 0 Å². The molecule has 2 heterocycles. The van der Waals surface area contributed by atoms with Gasteiger partial charge in [0.1, 0.15) is 5.82 Å².